The first kappa shape index (κ1) is 24.1. The van der Waals surface area contributed by atoms with E-state index in [0.717, 1.165) is 18.2 Å². The van der Waals surface area contributed by atoms with Gasteiger partial charge >= 0.3 is 6.18 Å². The van der Waals surface area contributed by atoms with Gasteiger partial charge in [0.1, 0.15) is 18.2 Å². The average Bonchev–Trinajstić information content (AvgIpc) is 2.78. The third-order valence-corrected chi connectivity index (χ3v) is 5.74. The van der Waals surface area contributed by atoms with E-state index in [1.54, 1.807) is 0 Å². The molecule has 33 heavy (non-hydrogen) atoms. The van der Waals surface area contributed by atoms with Gasteiger partial charge in [-0.1, -0.05) is 18.2 Å². The molecule has 2 N–H and O–H groups in total. The van der Waals surface area contributed by atoms with Crippen LogP contribution in [0.25, 0.3) is 0 Å². The molecule has 3 rings (SSSR count). The number of hydrogen-bond acceptors (Lipinski definition) is 4. The van der Waals surface area contributed by atoms with Gasteiger partial charge in [0.25, 0.3) is 15.9 Å². The molecule has 0 saturated heterocycles. The monoisotopic (exact) mass is 482 g/mol. The SMILES string of the molecule is O=C(NCCOc1cccc(C(F)(F)F)c1)c1ccc(S(=O)(=O)Nc2ccccc2F)cc1. The van der Waals surface area contributed by atoms with Crippen LogP contribution in [0.4, 0.5) is 23.2 Å². The molecule has 0 aliphatic carbocycles. The van der Waals surface area contributed by atoms with Gasteiger partial charge in [0.15, 0.2) is 0 Å². The summed E-state index contributed by atoms with van der Waals surface area (Å²) in [5, 5.41) is 2.52. The molecule has 0 aromatic heterocycles. The van der Waals surface area contributed by atoms with E-state index in [2.05, 4.69) is 10.0 Å². The van der Waals surface area contributed by atoms with Crippen LogP contribution in [0.3, 0.4) is 0 Å². The Kier molecular flexibility index (Phi) is 7.22. The zero-order valence-electron chi connectivity index (χ0n) is 16.9. The van der Waals surface area contributed by atoms with Crippen LogP contribution in [-0.4, -0.2) is 27.5 Å². The van der Waals surface area contributed by atoms with E-state index in [1.807, 2.05) is 0 Å². The van der Waals surface area contributed by atoms with Crippen molar-refractivity contribution < 1.29 is 35.5 Å². The summed E-state index contributed by atoms with van der Waals surface area (Å²) in [6, 6.07) is 14.6. The summed E-state index contributed by atoms with van der Waals surface area (Å²) in [4.78, 5) is 12.0. The fourth-order valence-electron chi connectivity index (χ4n) is 2.73. The number of anilines is 1. The van der Waals surface area contributed by atoms with E-state index in [9.17, 15) is 30.8 Å². The van der Waals surface area contributed by atoms with Crippen molar-refractivity contribution in [1.82, 2.24) is 5.32 Å². The van der Waals surface area contributed by atoms with Gasteiger partial charge in [0.2, 0.25) is 0 Å². The van der Waals surface area contributed by atoms with Gasteiger partial charge in [-0.2, -0.15) is 13.2 Å². The minimum absolute atomic E-state index is 0.00394. The van der Waals surface area contributed by atoms with E-state index in [4.69, 9.17) is 4.74 Å². The second kappa shape index (κ2) is 9.90. The molecule has 3 aromatic rings. The van der Waals surface area contributed by atoms with E-state index in [0.29, 0.717) is 0 Å². The largest absolute Gasteiger partial charge is 0.492 e. The quantitative estimate of drug-likeness (QED) is 0.367. The number of para-hydroxylation sites is 1. The van der Waals surface area contributed by atoms with Gasteiger partial charge in [-0.15, -0.1) is 0 Å². The Morgan fingerprint density at radius 1 is 0.939 bits per heavy atom. The Hall–Kier alpha value is -3.60. The average molecular weight is 482 g/mol. The van der Waals surface area contributed by atoms with Crippen molar-refractivity contribution in [2.75, 3.05) is 17.9 Å². The highest BCUT2D eigenvalue weighted by Gasteiger charge is 2.30. The Morgan fingerprint density at radius 3 is 2.30 bits per heavy atom. The molecule has 6 nitrogen and oxygen atoms in total. The molecule has 0 bridgehead atoms. The second-order valence-electron chi connectivity index (χ2n) is 6.74. The lowest BCUT2D eigenvalue weighted by atomic mass is 10.2. The summed E-state index contributed by atoms with van der Waals surface area (Å²) < 4.78 is 84.0. The zero-order valence-corrected chi connectivity index (χ0v) is 17.7. The summed E-state index contributed by atoms with van der Waals surface area (Å²) in [5.74, 6) is -1.26. The molecule has 11 heteroatoms. The smallest absolute Gasteiger partial charge is 0.416 e. The lowest BCUT2D eigenvalue weighted by molar-refractivity contribution is -0.137. The van der Waals surface area contributed by atoms with E-state index < -0.39 is 33.5 Å². The van der Waals surface area contributed by atoms with Gasteiger partial charge in [-0.25, -0.2) is 12.8 Å². The maximum Gasteiger partial charge on any atom is 0.416 e. The fraction of sp³-hybridized carbons (Fsp3) is 0.136. The van der Waals surface area contributed by atoms with Crippen molar-refractivity contribution in [2.45, 2.75) is 11.1 Å². The molecule has 3 aromatic carbocycles. The van der Waals surface area contributed by atoms with Crippen LogP contribution in [-0.2, 0) is 16.2 Å². The van der Waals surface area contributed by atoms with Gasteiger partial charge in [-0.05, 0) is 54.6 Å². The van der Waals surface area contributed by atoms with Gasteiger partial charge in [-0.3, -0.25) is 9.52 Å². The van der Waals surface area contributed by atoms with Crippen molar-refractivity contribution >= 4 is 21.6 Å². The number of carbonyl (C=O) groups excluding carboxylic acids is 1. The molecular weight excluding hydrogens is 464 g/mol. The molecular formula is C22H18F4N2O4S. The number of ether oxygens (including phenoxy) is 1. The Balaban J connectivity index is 1.54. The number of sulfonamides is 1. The van der Waals surface area contributed by atoms with Crippen molar-refractivity contribution in [3.05, 3.63) is 89.7 Å². The predicted molar refractivity (Wildman–Crippen MR) is 113 cm³/mol. The van der Waals surface area contributed by atoms with Crippen LogP contribution in [0.2, 0.25) is 0 Å². The first-order valence-corrected chi connectivity index (χ1v) is 11.0. The lowest BCUT2D eigenvalue weighted by Gasteiger charge is -2.11. The zero-order chi connectivity index (χ0) is 24.1. The summed E-state index contributed by atoms with van der Waals surface area (Å²) in [5.41, 5.74) is -0.900. The maximum atomic E-state index is 13.7. The summed E-state index contributed by atoms with van der Waals surface area (Å²) in [7, 11) is -4.07. The van der Waals surface area contributed by atoms with Crippen LogP contribution in [0, 0.1) is 5.82 Å². The van der Waals surface area contributed by atoms with Crippen LogP contribution in [0.15, 0.2) is 77.7 Å². The molecule has 0 aliphatic rings. The standard InChI is InChI=1S/C22H18F4N2O4S/c23-19-6-1-2-7-20(19)28-33(30,31)18-10-8-15(9-11-18)21(29)27-12-13-32-17-5-3-4-16(14-17)22(24,25)26/h1-11,14,28H,12-13H2,(H,27,29). The van der Waals surface area contributed by atoms with Crippen molar-refractivity contribution in [3.8, 4) is 5.75 Å². The Labute approximate surface area is 187 Å². The number of hydrogen-bond donors (Lipinski definition) is 2. The van der Waals surface area contributed by atoms with E-state index in [-0.39, 0.29) is 35.0 Å². The molecule has 174 valence electrons. The van der Waals surface area contributed by atoms with Crippen molar-refractivity contribution in [2.24, 2.45) is 0 Å². The van der Waals surface area contributed by atoms with Crippen LogP contribution >= 0.6 is 0 Å². The topological polar surface area (TPSA) is 84.5 Å². The number of amides is 1. The molecule has 0 unspecified atom stereocenters. The first-order chi connectivity index (χ1) is 15.6. The maximum absolute atomic E-state index is 13.7. The third-order valence-electron chi connectivity index (χ3n) is 4.36. The predicted octanol–water partition coefficient (Wildman–Crippen LogP) is 4.45. The number of halogens is 4. The minimum Gasteiger partial charge on any atom is -0.492 e. The second-order valence-corrected chi connectivity index (χ2v) is 8.42. The van der Waals surface area contributed by atoms with Gasteiger partial charge in [0, 0.05) is 5.56 Å². The Bertz CT molecular complexity index is 1230. The fourth-order valence-corrected chi connectivity index (χ4v) is 3.80. The molecule has 0 fully saturated rings. The van der Waals surface area contributed by atoms with Gasteiger partial charge < -0.3 is 10.1 Å². The Morgan fingerprint density at radius 2 is 1.64 bits per heavy atom. The molecule has 0 heterocycles. The number of rotatable bonds is 8. The first-order valence-electron chi connectivity index (χ1n) is 9.52. The molecule has 0 saturated carbocycles. The van der Waals surface area contributed by atoms with Crippen LogP contribution < -0.4 is 14.8 Å². The summed E-state index contributed by atoms with van der Waals surface area (Å²) in [6.07, 6.45) is -4.49. The van der Waals surface area contributed by atoms with Crippen molar-refractivity contribution in [1.29, 1.82) is 0 Å². The number of benzene rings is 3. The van der Waals surface area contributed by atoms with E-state index in [1.165, 1.54) is 54.6 Å². The highest BCUT2D eigenvalue weighted by atomic mass is 32.2. The number of alkyl halides is 3. The minimum atomic E-state index is -4.49. The summed E-state index contributed by atoms with van der Waals surface area (Å²) in [6.45, 7) is -0.0734. The van der Waals surface area contributed by atoms with E-state index >= 15 is 0 Å². The number of carbonyl (C=O) groups is 1. The molecule has 0 radical (unpaired) electrons. The highest BCUT2D eigenvalue weighted by Crippen LogP contribution is 2.31. The van der Waals surface area contributed by atoms with Crippen LogP contribution in [0.5, 0.6) is 5.75 Å². The molecule has 0 aliphatic heterocycles. The molecule has 1 amide bonds. The van der Waals surface area contributed by atoms with Crippen LogP contribution in [0.1, 0.15) is 15.9 Å². The third kappa shape index (κ3) is 6.45. The summed E-state index contributed by atoms with van der Waals surface area (Å²) >= 11 is 0. The molecule has 0 spiro atoms. The van der Waals surface area contributed by atoms with Crippen molar-refractivity contribution in [3.63, 3.8) is 0 Å². The van der Waals surface area contributed by atoms with Gasteiger partial charge in [0.05, 0.1) is 22.7 Å². The normalized spacial score (nSPS) is 11.6. The number of nitrogens with one attached hydrogen (secondary N) is 2. The lowest BCUT2D eigenvalue weighted by Crippen LogP contribution is -2.28. The molecule has 0 atom stereocenters. The highest BCUT2D eigenvalue weighted by molar-refractivity contribution is 7.92.